The first-order valence-electron chi connectivity index (χ1n) is 5.23. The molecule has 1 saturated heterocycles. The van der Waals surface area contributed by atoms with Crippen LogP contribution in [0.15, 0.2) is 0 Å². The summed E-state index contributed by atoms with van der Waals surface area (Å²) in [5, 5.41) is 8.64. The van der Waals surface area contributed by atoms with Crippen molar-refractivity contribution in [2.75, 3.05) is 6.54 Å². The average Bonchev–Trinajstić information content (AvgIpc) is 2.43. The molecule has 1 rings (SSSR count). The summed E-state index contributed by atoms with van der Waals surface area (Å²) in [6, 6.07) is 0.993. The zero-order chi connectivity index (χ0) is 10.7. The molecule has 0 aromatic rings. The Morgan fingerprint density at radius 1 is 1.64 bits per heavy atom. The molecule has 2 unspecified atom stereocenters. The van der Waals surface area contributed by atoms with Crippen LogP contribution in [0.1, 0.15) is 33.1 Å². The lowest BCUT2D eigenvalue weighted by Gasteiger charge is -2.27. The number of nitrogens with zero attached hydrogens (tertiary/aromatic N) is 1. The highest BCUT2D eigenvalue weighted by atomic mass is 31.0. The predicted octanol–water partition coefficient (Wildman–Crippen LogP) is 1.58. The third kappa shape index (κ3) is 3.21. The molecule has 0 radical (unpaired) electrons. The van der Waals surface area contributed by atoms with E-state index in [4.69, 9.17) is 5.11 Å². The van der Waals surface area contributed by atoms with Gasteiger partial charge in [0.2, 0.25) is 0 Å². The van der Waals surface area contributed by atoms with Gasteiger partial charge in [-0.3, -0.25) is 9.69 Å². The molecule has 14 heavy (non-hydrogen) atoms. The van der Waals surface area contributed by atoms with E-state index in [1.807, 2.05) is 0 Å². The van der Waals surface area contributed by atoms with Crippen molar-refractivity contribution in [3.05, 3.63) is 0 Å². The molecule has 0 aromatic heterocycles. The van der Waals surface area contributed by atoms with E-state index in [2.05, 4.69) is 28.0 Å². The largest absolute Gasteiger partial charge is 0.481 e. The van der Waals surface area contributed by atoms with Gasteiger partial charge in [0.25, 0.3) is 0 Å². The van der Waals surface area contributed by atoms with E-state index >= 15 is 0 Å². The second kappa shape index (κ2) is 5.09. The number of carboxylic acids is 1. The molecule has 0 aromatic carbocycles. The standard InChI is InChI=1S/C10H20NO2P/c1-7(2)11-6-9(14)5-8(11)3-4-10(12)13/h7-9H,3-6,14H2,1-2H3,(H,12,13)/t8-,9?/m0/s1. The Hall–Kier alpha value is -0.140. The van der Waals surface area contributed by atoms with Gasteiger partial charge in [0.1, 0.15) is 0 Å². The van der Waals surface area contributed by atoms with E-state index in [9.17, 15) is 4.79 Å². The van der Waals surface area contributed by atoms with Crippen LogP contribution < -0.4 is 0 Å². The molecule has 0 aliphatic carbocycles. The fraction of sp³-hybridized carbons (Fsp3) is 0.900. The topological polar surface area (TPSA) is 40.5 Å². The Kier molecular flexibility index (Phi) is 4.33. The van der Waals surface area contributed by atoms with Crippen LogP contribution in [0.25, 0.3) is 0 Å². The maximum Gasteiger partial charge on any atom is 0.303 e. The summed E-state index contributed by atoms with van der Waals surface area (Å²) in [5.41, 5.74) is 0.635. The van der Waals surface area contributed by atoms with Gasteiger partial charge in [-0.05, 0) is 32.3 Å². The minimum Gasteiger partial charge on any atom is -0.481 e. The lowest BCUT2D eigenvalue weighted by molar-refractivity contribution is -0.137. The molecule has 1 aliphatic rings. The molecular weight excluding hydrogens is 197 g/mol. The fourth-order valence-electron chi connectivity index (χ4n) is 2.19. The molecule has 82 valence electrons. The zero-order valence-corrected chi connectivity index (χ0v) is 10.1. The van der Waals surface area contributed by atoms with E-state index in [-0.39, 0.29) is 0 Å². The molecule has 1 heterocycles. The third-order valence-electron chi connectivity index (χ3n) is 2.84. The van der Waals surface area contributed by atoms with Gasteiger partial charge < -0.3 is 5.11 Å². The van der Waals surface area contributed by atoms with Gasteiger partial charge in [-0.2, -0.15) is 0 Å². The van der Waals surface area contributed by atoms with Crippen LogP contribution in [-0.2, 0) is 4.79 Å². The van der Waals surface area contributed by atoms with Crippen molar-refractivity contribution in [1.82, 2.24) is 4.90 Å². The second-order valence-corrected chi connectivity index (χ2v) is 5.32. The fourth-order valence-corrected chi connectivity index (χ4v) is 2.74. The first kappa shape index (κ1) is 11.9. The maximum absolute atomic E-state index is 10.5. The molecule has 1 aliphatic heterocycles. The summed E-state index contributed by atoms with van der Waals surface area (Å²) >= 11 is 0. The number of carbonyl (C=O) groups is 1. The van der Waals surface area contributed by atoms with Gasteiger partial charge in [0.15, 0.2) is 0 Å². The van der Waals surface area contributed by atoms with Crippen LogP contribution in [0.5, 0.6) is 0 Å². The van der Waals surface area contributed by atoms with Gasteiger partial charge in [0.05, 0.1) is 0 Å². The van der Waals surface area contributed by atoms with Gasteiger partial charge in [-0.15, -0.1) is 9.24 Å². The third-order valence-corrected chi connectivity index (χ3v) is 3.33. The van der Waals surface area contributed by atoms with Crippen molar-refractivity contribution >= 4 is 15.2 Å². The predicted molar refractivity (Wildman–Crippen MR) is 60.6 cm³/mol. The number of hydrogen-bond donors (Lipinski definition) is 1. The van der Waals surface area contributed by atoms with Gasteiger partial charge in [-0.1, -0.05) is 0 Å². The average molecular weight is 217 g/mol. The van der Waals surface area contributed by atoms with Crippen LogP contribution in [-0.4, -0.2) is 40.3 Å². The molecule has 0 saturated carbocycles. The summed E-state index contributed by atoms with van der Waals surface area (Å²) < 4.78 is 0. The quantitative estimate of drug-likeness (QED) is 0.727. The lowest BCUT2D eigenvalue weighted by atomic mass is 10.1. The van der Waals surface area contributed by atoms with Crippen molar-refractivity contribution in [2.24, 2.45) is 0 Å². The van der Waals surface area contributed by atoms with Crippen LogP contribution in [0.2, 0.25) is 0 Å². The molecule has 1 fully saturated rings. The number of hydrogen-bond acceptors (Lipinski definition) is 2. The Morgan fingerprint density at radius 3 is 2.79 bits per heavy atom. The van der Waals surface area contributed by atoms with Gasteiger partial charge >= 0.3 is 5.97 Å². The van der Waals surface area contributed by atoms with Crippen LogP contribution in [0.4, 0.5) is 0 Å². The van der Waals surface area contributed by atoms with Crippen molar-refractivity contribution in [3.63, 3.8) is 0 Å². The van der Waals surface area contributed by atoms with Crippen LogP contribution in [0.3, 0.4) is 0 Å². The smallest absolute Gasteiger partial charge is 0.303 e. The molecule has 3 nitrogen and oxygen atoms in total. The van der Waals surface area contributed by atoms with Crippen molar-refractivity contribution in [3.8, 4) is 0 Å². The van der Waals surface area contributed by atoms with E-state index in [0.717, 1.165) is 19.4 Å². The highest BCUT2D eigenvalue weighted by molar-refractivity contribution is 7.17. The number of likely N-dealkylation sites (tertiary alicyclic amines) is 1. The van der Waals surface area contributed by atoms with Crippen LogP contribution in [0, 0.1) is 0 Å². The molecular formula is C10H20NO2P. The molecule has 0 bridgehead atoms. The second-order valence-electron chi connectivity index (χ2n) is 4.37. The van der Waals surface area contributed by atoms with E-state index in [1.54, 1.807) is 0 Å². The summed E-state index contributed by atoms with van der Waals surface area (Å²) in [7, 11) is 2.85. The summed E-state index contributed by atoms with van der Waals surface area (Å²) in [5.74, 6) is -0.680. The molecule has 0 amide bonds. The Bertz CT molecular complexity index is 208. The molecule has 0 spiro atoms. The van der Waals surface area contributed by atoms with Gasteiger partial charge in [-0.25, -0.2) is 0 Å². The summed E-state index contributed by atoms with van der Waals surface area (Å²) in [6.07, 6.45) is 2.21. The van der Waals surface area contributed by atoms with Crippen molar-refractivity contribution in [2.45, 2.75) is 50.9 Å². The first-order valence-corrected chi connectivity index (χ1v) is 5.90. The minimum atomic E-state index is -0.680. The van der Waals surface area contributed by atoms with E-state index in [1.165, 1.54) is 0 Å². The Labute approximate surface area is 88.1 Å². The van der Waals surface area contributed by atoms with Crippen LogP contribution >= 0.6 is 9.24 Å². The Morgan fingerprint density at radius 2 is 2.29 bits per heavy atom. The van der Waals surface area contributed by atoms with Gasteiger partial charge in [0, 0.05) is 25.0 Å². The summed E-state index contributed by atoms with van der Waals surface area (Å²) in [4.78, 5) is 12.9. The number of rotatable bonds is 4. The minimum absolute atomic E-state index is 0.297. The van der Waals surface area contributed by atoms with E-state index in [0.29, 0.717) is 24.2 Å². The Balaban J connectivity index is 2.45. The highest BCUT2D eigenvalue weighted by Crippen LogP contribution is 2.28. The lowest BCUT2D eigenvalue weighted by Crippen LogP contribution is -2.36. The zero-order valence-electron chi connectivity index (χ0n) is 8.94. The molecule has 3 atom stereocenters. The van der Waals surface area contributed by atoms with Crippen molar-refractivity contribution < 1.29 is 9.90 Å². The monoisotopic (exact) mass is 217 g/mol. The van der Waals surface area contributed by atoms with Crippen molar-refractivity contribution in [1.29, 1.82) is 0 Å². The SMILES string of the molecule is CC(C)N1CC(P)C[C@@H]1CCC(=O)O. The number of carboxylic acid groups (broad SMARTS) is 1. The number of aliphatic carboxylic acids is 1. The normalized spacial score (nSPS) is 28.6. The highest BCUT2D eigenvalue weighted by Gasteiger charge is 2.31. The molecule has 1 N–H and O–H groups in total. The van der Waals surface area contributed by atoms with E-state index < -0.39 is 5.97 Å². The summed E-state index contributed by atoms with van der Waals surface area (Å²) in [6.45, 7) is 5.44. The molecule has 4 heteroatoms. The maximum atomic E-state index is 10.5. The first-order chi connectivity index (χ1) is 6.50.